The van der Waals surface area contributed by atoms with Crippen LogP contribution in [0.15, 0.2) is 11.6 Å². The SMILES string of the molecule is N#CCC1CCC=C(CN)C1. The van der Waals surface area contributed by atoms with Gasteiger partial charge in [-0.05, 0) is 25.2 Å². The molecule has 0 aromatic carbocycles. The Morgan fingerprint density at radius 3 is 3.18 bits per heavy atom. The number of nitrogens with two attached hydrogens (primary N) is 1. The molecule has 0 aliphatic heterocycles. The summed E-state index contributed by atoms with van der Waals surface area (Å²) in [6.45, 7) is 0.669. The summed E-state index contributed by atoms with van der Waals surface area (Å²) in [5.74, 6) is 0.573. The summed E-state index contributed by atoms with van der Waals surface area (Å²) in [4.78, 5) is 0. The van der Waals surface area contributed by atoms with Gasteiger partial charge in [-0.2, -0.15) is 5.26 Å². The minimum atomic E-state index is 0.573. The van der Waals surface area contributed by atoms with Gasteiger partial charge in [0.1, 0.15) is 0 Å². The number of rotatable bonds is 2. The second-order valence-corrected chi connectivity index (χ2v) is 3.08. The molecular weight excluding hydrogens is 136 g/mol. The van der Waals surface area contributed by atoms with Crippen molar-refractivity contribution in [2.45, 2.75) is 25.7 Å². The Kier molecular flexibility index (Phi) is 3.13. The van der Waals surface area contributed by atoms with Crippen LogP contribution in [-0.4, -0.2) is 6.54 Å². The van der Waals surface area contributed by atoms with Crippen molar-refractivity contribution in [1.82, 2.24) is 0 Å². The van der Waals surface area contributed by atoms with E-state index >= 15 is 0 Å². The molecule has 1 atom stereocenters. The fourth-order valence-electron chi connectivity index (χ4n) is 1.55. The van der Waals surface area contributed by atoms with Gasteiger partial charge in [-0.15, -0.1) is 0 Å². The first kappa shape index (κ1) is 8.29. The van der Waals surface area contributed by atoms with Gasteiger partial charge >= 0.3 is 0 Å². The van der Waals surface area contributed by atoms with Gasteiger partial charge in [0.2, 0.25) is 0 Å². The maximum absolute atomic E-state index is 8.48. The lowest BCUT2D eigenvalue weighted by Gasteiger charge is -2.19. The Hall–Kier alpha value is -0.810. The summed E-state index contributed by atoms with van der Waals surface area (Å²) in [6, 6.07) is 2.21. The predicted molar refractivity (Wildman–Crippen MR) is 44.7 cm³/mol. The largest absolute Gasteiger partial charge is 0.327 e. The van der Waals surface area contributed by atoms with E-state index in [0.717, 1.165) is 19.3 Å². The van der Waals surface area contributed by atoms with Gasteiger partial charge < -0.3 is 5.73 Å². The van der Waals surface area contributed by atoms with Crippen LogP contribution in [0.1, 0.15) is 25.7 Å². The predicted octanol–water partition coefficient (Wildman–Crippen LogP) is 1.59. The smallest absolute Gasteiger partial charge is 0.0624 e. The Labute approximate surface area is 67.7 Å². The van der Waals surface area contributed by atoms with E-state index in [-0.39, 0.29) is 0 Å². The molecule has 0 radical (unpaired) electrons. The fraction of sp³-hybridized carbons (Fsp3) is 0.667. The molecule has 0 spiro atoms. The molecule has 60 valence electrons. The summed E-state index contributed by atoms with van der Waals surface area (Å²) in [5.41, 5.74) is 6.84. The molecule has 2 heteroatoms. The number of nitriles is 1. The maximum atomic E-state index is 8.48. The second-order valence-electron chi connectivity index (χ2n) is 3.08. The van der Waals surface area contributed by atoms with Gasteiger partial charge in [-0.25, -0.2) is 0 Å². The van der Waals surface area contributed by atoms with Crippen LogP contribution in [0, 0.1) is 17.2 Å². The molecule has 11 heavy (non-hydrogen) atoms. The average molecular weight is 150 g/mol. The Morgan fingerprint density at radius 1 is 1.73 bits per heavy atom. The first-order chi connectivity index (χ1) is 5.36. The number of hydrogen-bond acceptors (Lipinski definition) is 2. The quantitative estimate of drug-likeness (QED) is 0.607. The van der Waals surface area contributed by atoms with E-state index in [1.165, 1.54) is 5.57 Å². The second kappa shape index (κ2) is 4.15. The maximum Gasteiger partial charge on any atom is 0.0624 e. The Bertz CT molecular complexity index is 188. The van der Waals surface area contributed by atoms with E-state index in [2.05, 4.69) is 12.1 Å². The summed E-state index contributed by atoms with van der Waals surface area (Å²) in [6.07, 6.45) is 6.23. The summed E-state index contributed by atoms with van der Waals surface area (Å²) >= 11 is 0. The van der Waals surface area contributed by atoms with E-state index in [9.17, 15) is 0 Å². The zero-order chi connectivity index (χ0) is 8.10. The highest BCUT2D eigenvalue weighted by Crippen LogP contribution is 2.25. The minimum Gasteiger partial charge on any atom is -0.327 e. The average Bonchev–Trinajstić information content (AvgIpc) is 2.06. The highest BCUT2D eigenvalue weighted by molar-refractivity contribution is 5.08. The lowest BCUT2D eigenvalue weighted by atomic mass is 9.87. The summed E-state index contributed by atoms with van der Waals surface area (Å²) < 4.78 is 0. The highest BCUT2D eigenvalue weighted by Gasteiger charge is 2.13. The molecule has 0 bridgehead atoms. The third-order valence-electron chi connectivity index (χ3n) is 2.20. The molecule has 0 fully saturated rings. The minimum absolute atomic E-state index is 0.573. The monoisotopic (exact) mass is 150 g/mol. The van der Waals surface area contributed by atoms with E-state index in [0.29, 0.717) is 18.9 Å². The van der Waals surface area contributed by atoms with Crippen molar-refractivity contribution < 1.29 is 0 Å². The van der Waals surface area contributed by atoms with Crippen LogP contribution in [0.4, 0.5) is 0 Å². The number of allylic oxidation sites excluding steroid dienone is 1. The molecule has 0 aromatic heterocycles. The summed E-state index contributed by atoms with van der Waals surface area (Å²) in [5, 5.41) is 8.48. The molecule has 1 rings (SSSR count). The molecule has 0 amide bonds. The van der Waals surface area contributed by atoms with Crippen molar-refractivity contribution in [2.24, 2.45) is 11.7 Å². The molecule has 1 aliphatic rings. The van der Waals surface area contributed by atoms with Crippen LogP contribution in [0.2, 0.25) is 0 Å². The van der Waals surface area contributed by atoms with Crippen molar-refractivity contribution in [3.63, 3.8) is 0 Å². The van der Waals surface area contributed by atoms with E-state index in [1.807, 2.05) is 0 Å². The van der Waals surface area contributed by atoms with E-state index in [4.69, 9.17) is 11.0 Å². The zero-order valence-corrected chi connectivity index (χ0v) is 6.71. The molecule has 2 nitrogen and oxygen atoms in total. The van der Waals surface area contributed by atoms with Gasteiger partial charge in [0.05, 0.1) is 6.07 Å². The van der Waals surface area contributed by atoms with Crippen LogP contribution >= 0.6 is 0 Å². The van der Waals surface area contributed by atoms with E-state index in [1.54, 1.807) is 0 Å². The first-order valence-electron chi connectivity index (χ1n) is 4.11. The van der Waals surface area contributed by atoms with Gasteiger partial charge in [-0.1, -0.05) is 11.6 Å². The van der Waals surface area contributed by atoms with Crippen LogP contribution in [0.5, 0.6) is 0 Å². The number of nitrogens with zero attached hydrogens (tertiary/aromatic N) is 1. The van der Waals surface area contributed by atoms with Crippen molar-refractivity contribution in [3.05, 3.63) is 11.6 Å². The third kappa shape index (κ3) is 2.36. The normalized spacial score (nSPS) is 24.0. The van der Waals surface area contributed by atoms with Crippen molar-refractivity contribution in [2.75, 3.05) is 6.54 Å². The molecule has 0 heterocycles. The standard InChI is InChI=1S/C9H14N2/c10-5-4-8-2-1-3-9(6-8)7-11/h3,8H,1-2,4,6-7,11H2. The first-order valence-corrected chi connectivity index (χ1v) is 4.11. The van der Waals surface area contributed by atoms with Gasteiger partial charge in [0, 0.05) is 13.0 Å². The van der Waals surface area contributed by atoms with Crippen LogP contribution in [0.25, 0.3) is 0 Å². The summed E-state index contributed by atoms with van der Waals surface area (Å²) in [7, 11) is 0. The van der Waals surface area contributed by atoms with Crippen molar-refractivity contribution >= 4 is 0 Å². The van der Waals surface area contributed by atoms with Gasteiger partial charge in [0.15, 0.2) is 0 Å². The van der Waals surface area contributed by atoms with Crippen molar-refractivity contribution in [1.29, 1.82) is 5.26 Å². The highest BCUT2D eigenvalue weighted by atomic mass is 14.5. The molecule has 1 unspecified atom stereocenters. The van der Waals surface area contributed by atoms with Gasteiger partial charge in [-0.3, -0.25) is 0 Å². The van der Waals surface area contributed by atoms with Crippen molar-refractivity contribution in [3.8, 4) is 6.07 Å². The lowest BCUT2D eigenvalue weighted by Crippen LogP contribution is -2.12. The molecule has 1 aliphatic carbocycles. The van der Waals surface area contributed by atoms with Crippen LogP contribution in [0.3, 0.4) is 0 Å². The molecule has 0 saturated carbocycles. The molecule has 0 saturated heterocycles. The Balaban J connectivity index is 2.41. The Morgan fingerprint density at radius 2 is 2.55 bits per heavy atom. The molecule has 2 N–H and O–H groups in total. The van der Waals surface area contributed by atoms with Gasteiger partial charge in [0.25, 0.3) is 0 Å². The van der Waals surface area contributed by atoms with Crippen LogP contribution < -0.4 is 5.73 Å². The zero-order valence-electron chi connectivity index (χ0n) is 6.71. The number of hydrogen-bond donors (Lipinski definition) is 1. The molecular formula is C9H14N2. The molecule has 0 aromatic rings. The lowest BCUT2D eigenvalue weighted by molar-refractivity contribution is 0.472. The fourth-order valence-corrected chi connectivity index (χ4v) is 1.55. The third-order valence-corrected chi connectivity index (χ3v) is 2.20. The topological polar surface area (TPSA) is 49.8 Å². The van der Waals surface area contributed by atoms with E-state index < -0.39 is 0 Å². The van der Waals surface area contributed by atoms with Crippen LogP contribution in [-0.2, 0) is 0 Å².